The summed E-state index contributed by atoms with van der Waals surface area (Å²) in [5.74, 6) is 0.0481. The predicted molar refractivity (Wildman–Crippen MR) is 69.6 cm³/mol. The Morgan fingerprint density at radius 2 is 2.06 bits per heavy atom. The molecule has 0 bridgehead atoms. The fourth-order valence-corrected chi connectivity index (χ4v) is 2.00. The summed E-state index contributed by atoms with van der Waals surface area (Å²) in [6, 6.07) is 5.51. The van der Waals surface area contributed by atoms with Gasteiger partial charge in [0.1, 0.15) is 0 Å². The Hall–Kier alpha value is -1.02. The molecule has 0 amide bonds. The van der Waals surface area contributed by atoms with Crippen LogP contribution in [-0.2, 0) is 0 Å². The summed E-state index contributed by atoms with van der Waals surface area (Å²) in [5, 5.41) is 0.656. The van der Waals surface area contributed by atoms with E-state index >= 15 is 0 Å². The van der Waals surface area contributed by atoms with E-state index in [-0.39, 0.29) is 5.78 Å². The third-order valence-corrected chi connectivity index (χ3v) is 2.87. The zero-order valence-corrected chi connectivity index (χ0v) is 10.8. The number of carbonyl (C=O) groups is 1. The highest BCUT2D eigenvalue weighted by molar-refractivity contribution is 6.33. The van der Waals surface area contributed by atoms with Crippen molar-refractivity contribution in [3.63, 3.8) is 0 Å². The molecule has 0 aliphatic carbocycles. The van der Waals surface area contributed by atoms with Gasteiger partial charge in [0.15, 0.2) is 5.78 Å². The molecular formula is C13H18ClNO. The number of ketones is 1. The minimum Gasteiger partial charge on any atom is -0.371 e. The summed E-state index contributed by atoms with van der Waals surface area (Å²) in [6.45, 7) is 7.70. The van der Waals surface area contributed by atoms with Crippen molar-refractivity contribution in [3.8, 4) is 0 Å². The monoisotopic (exact) mass is 239 g/mol. The first-order valence-electron chi connectivity index (χ1n) is 5.65. The highest BCUT2D eigenvalue weighted by atomic mass is 35.5. The average molecular weight is 240 g/mol. The third-order valence-electron chi connectivity index (χ3n) is 2.57. The second-order valence-electron chi connectivity index (χ2n) is 3.80. The fourth-order valence-electron chi connectivity index (χ4n) is 1.70. The van der Waals surface area contributed by atoms with Crippen LogP contribution in [0.1, 0.15) is 37.6 Å². The van der Waals surface area contributed by atoms with Crippen LogP contribution in [0.3, 0.4) is 0 Å². The van der Waals surface area contributed by atoms with Crippen molar-refractivity contribution in [2.75, 3.05) is 18.0 Å². The van der Waals surface area contributed by atoms with E-state index in [0.717, 1.165) is 25.2 Å². The molecule has 1 aromatic carbocycles. The summed E-state index contributed by atoms with van der Waals surface area (Å²) in [4.78, 5) is 13.4. The highest BCUT2D eigenvalue weighted by Crippen LogP contribution is 2.27. The van der Waals surface area contributed by atoms with Crippen molar-refractivity contribution in [2.24, 2.45) is 0 Å². The molecule has 88 valence electrons. The van der Waals surface area contributed by atoms with Crippen LogP contribution in [0.4, 0.5) is 5.69 Å². The second kappa shape index (κ2) is 5.90. The van der Waals surface area contributed by atoms with Gasteiger partial charge >= 0.3 is 0 Å². The highest BCUT2D eigenvalue weighted by Gasteiger charge is 2.09. The molecule has 0 aliphatic heterocycles. The van der Waals surface area contributed by atoms with Crippen molar-refractivity contribution >= 4 is 23.1 Å². The second-order valence-corrected chi connectivity index (χ2v) is 4.21. The molecule has 0 spiro atoms. The first-order valence-corrected chi connectivity index (χ1v) is 6.03. The van der Waals surface area contributed by atoms with Gasteiger partial charge in [-0.1, -0.05) is 18.5 Å². The summed E-state index contributed by atoms with van der Waals surface area (Å²) in [6.07, 6.45) is 1.08. The molecule has 0 aliphatic rings. The van der Waals surface area contributed by atoms with E-state index in [1.807, 2.05) is 12.1 Å². The molecule has 1 aromatic rings. The minimum absolute atomic E-state index is 0.0481. The topological polar surface area (TPSA) is 20.3 Å². The number of rotatable bonds is 5. The predicted octanol–water partition coefficient (Wildman–Crippen LogP) is 3.78. The molecule has 0 atom stereocenters. The molecule has 3 heteroatoms. The lowest BCUT2D eigenvalue weighted by Gasteiger charge is -2.23. The number of carbonyl (C=O) groups excluding carboxylic acids is 1. The number of anilines is 1. The zero-order chi connectivity index (χ0) is 12.1. The summed E-state index contributed by atoms with van der Waals surface area (Å²) >= 11 is 6.19. The quantitative estimate of drug-likeness (QED) is 0.729. The van der Waals surface area contributed by atoms with Crippen LogP contribution in [-0.4, -0.2) is 18.9 Å². The minimum atomic E-state index is 0.0481. The lowest BCUT2D eigenvalue weighted by molar-refractivity contribution is 0.101. The number of halogens is 1. The van der Waals surface area contributed by atoms with E-state index < -0.39 is 0 Å². The molecule has 0 aromatic heterocycles. The summed E-state index contributed by atoms with van der Waals surface area (Å²) in [5.41, 5.74) is 1.68. The zero-order valence-electron chi connectivity index (χ0n) is 10.1. The largest absolute Gasteiger partial charge is 0.371 e. The molecule has 16 heavy (non-hydrogen) atoms. The Labute approximate surface area is 102 Å². The van der Waals surface area contributed by atoms with Crippen LogP contribution in [0.25, 0.3) is 0 Å². The van der Waals surface area contributed by atoms with E-state index in [1.54, 1.807) is 13.0 Å². The summed E-state index contributed by atoms with van der Waals surface area (Å²) < 4.78 is 0. The standard InChI is InChI=1S/C13H18ClNO/c1-4-8-15(5-2)13-7-6-11(10(3)16)9-12(13)14/h6-7,9H,4-5,8H2,1-3H3. The first kappa shape index (κ1) is 13.0. The Bertz CT molecular complexity index is 376. The Morgan fingerprint density at radius 3 is 2.50 bits per heavy atom. The molecule has 1 rings (SSSR count). The molecule has 0 radical (unpaired) electrons. The Morgan fingerprint density at radius 1 is 1.38 bits per heavy atom. The molecular weight excluding hydrogens is 222 g/mol. The van der Waals surface area contributed by atoms with Gasteiger partial charge < -0.3 is 4.90 Å². The van der Waals surface area contributed by atoms with Gasteiger partial charge in [-0.3, -0.25) is 4.79 Å². The van der Waals surface area contributed by atoms with Gasteiger partial charge in [-0.05, 0) is 38.5 Å². The average Bonchev–Trinajstić information content (AvgIpc) is 2.26. The van der Waals surface area contributed by atoms with Gasteiger partial charge in [0, 0.05) is 18.7 Å². The molecule has 0 N–H and O–H groups in total. The summed E-state index contributed by atoms with van der Waals surface area (Å²) in [7, 11) is 0. The van der Waals surface area contributed by atoms with Crippen LogP contribution in [0, 0.1) is 0 Å². The van der Waals surface area contributed by atoms with Gasteiger partial charge in [-0.15, -0.1) is 0 Å². The maximum atomic E-state index is 11.2. The molecule has 2 nitrogen and oxygen atoms in total. The van der Waals surface area contributed by atoms with Crippen LogP contribution >= 0.6 is 11.6 Å². The van der Waals surface area contributed by atoms with Crippen molar-refractivity contribution in [1.82, 2.24) is 0 Å². The van der Waals surface area contributed by atoms with Crippen molar-refractivity contribution in [1.29, 1.82) is 0 Å². The fraction of sp³-hybridized carbons (Fsp3) is 0.462. The van der Waals surface area contributed by atoms with Gasteiger partial charge in [0.25, 0.3) is 0 Å². The number of benzene rings is 1. The number of nitrogens with zero attached hydrogens (tertiary/aromatic N) is 1. The van der Waals surface area contributed by atoms with Crippen LogP contribution in [0.2, 0.25) is 5.02 Å². The number of Topliss-reactive ketones (excluding diaryl/α,β-unsaturated/α-hetero) is 1. The third kappa shape index (κ3) is 2.99. The lowest BCUT2D eigenvalue weighted by Crippen LogP contribution is -2.23. The Kier molecular flexibility index (Phi) is 4.81. The Balaban J connectivity index is 3.01. The first-order chi connectivity index (χ1) is 7.60. The van der Waals surface area contributed by atoms with Crippen LogP contribution in [0.5, 0.6) is 0 Å². The van der Waals surface area contributed by atoms with Crippen LogP contribution in [0.15, 0.2) is 18.2 Å². The molecule has 0 saturated carbocycles. The van der Waals surface area contributed by atoms with Crippen molar-refractivity contribution in [3.05, 3.63) is 28.8 Å². The van der Waals surface area contributed by atoms with Crippen molar-refractivity contribution in [2.45, 2.75) is 27.2 Å². The SMILES string of the molecule is CCCN(CC)c1ccc(C(C)=O)cc1Cl. The van der Waals surface area contributed by atoms with E-state index in [1.165, 1.54) is 0 Å². The van der Waals surface area contributed by atoms with Gasteiger partial charge in [-0.25, -0.2) is 0 Å². The van der Waals surface area contributed by atoms with Gasteiger partial charge in [0.05, 0.1) is 10.7 Å². The van der Waals surface area contributed by atoms with Crippen molar-refractivity contribution < 1.29 is 4.79 Å². The van der Waals surface area contributed by atoms with Gasteiger partial charge in [-0.2, -0.15) is 0 Å². The van der Waals surface area contributed by atoms with Crippen LogP contribution < -0.4 is 4.90 Å². The van der Waals surface area contributed by atoms with Gasteiger partial charge in [0.2, 0.25) is 0 Å². The van der Waals surface area contributed by atoms with E-state index in [4.69, 9.17) is 11.6 Å². The number of hydrogen-bond donors (Lipinski definition) is 0. The maximum absolute atomic E-state index is 11.2. The molecule has 0 heterocycles. The normalized spacial score (nSPS) is 10.2. The smallest absolute Gasteiger partial charge is 0.159 e. The number of hydrogen-bond acceptors (Lipinski definition) is 2. The van der Waals surface area contributed by atoms with E-state index in [2.05, 4.69) is 18.7 Å². The van der Waals surface area contributed by atoms with E-state index in [0.29, 0.717) is 10.6 Å². The molecule has 0 saturated heterocycles. The van der Waals surface area contributed by atoms with E-state index in [9.17, 15) is 4.79 Å². The molecule has 0 fully saturated rings. The lowest BCUT2D eigenvalue weighted by atomic mass is 10.1. The maximum Gasteiger partial charge on any atom is 0.159 e. The molecule has 0 unspecified atom stereocenters.